The van der Waals surface area contributed by atoms with Crippen molar-refractivity contribution >= 4 is 16.7 Å². The molecule has 0 aliphatic heterocycles. The molecule has 5 heteroatoms. The number of rotatable bonds is 2. The number of nitrogens with two attached hydrogens (primary N) is 1. The molecule has 3 aromatic rings. The highest BCUT2D eigenvalue weighted by Gasteiger charge is 2.10. The molecular weight excluding hydrogens is 243 g/mol. The third-order valence-electron chi connectivity index (χ3n) is 3.15. The van der Waals surface area contributed by atoms with Gasteiger partial charge >= 0.3 is 0 Å². The fourth-order valence-corrected chi connectivity index (χ4v) is 2.15. The van der Waals surface area contributed by atoms with Crippen LogP contribution in [-0.4, -0.2) is 9.55 Å². The Kier molecular flexibility index (Phi) is 2.68. The van der Waals surface area contributed by atoms with E-state index in [9.17, 15) is 4.39 Å². The Morgan fingerprint density at radius 2 is 1.89 bits per heavy atom. The molecule has 0 unspecified atom stereocenters. The summed E-state index contributed by atoms with van der Waals surface area (Å²) in [6.07, 6.45) is 0. The van der Waals surface area contributed by atoms with Crippen LogP contribution in [0.2, 0.25) is 0 Å². The molecule has 0 bridgehead atoms. The minimum atomic E-state index is -0.253. The van der Waals surface area contributed by atoms with E-state index in [2.05, 4.69) is 10.4 Å². The Labute approximate surface area is 109 Å². The molecule has 0 aliphatic carbocycles. The van der Waals surface area contributed by atoms with Gasteiger partial charge in [0.25, 0.3) is 0 Å². The molecule has 0 fully saturated rings. The number of imidazole rings is 1. The third-order valence-corrected chi connectivity index (χ3v) is 3.15. The molecule has 0 amide bonds. The molecular formula is C14H13FN4. The highest BCUT2D eigenvalue weighted by atomic mass is 19.1. The monoisotopic (exact) mass is 256 g/mol. The lowest BCUT2D eigenvalue weighted by molar-refractivity contribution is 0.628. The summed E-state index contributed by atoms with van der Waals surface area (Å²) in [5, 5.41) is 0. The molecule has 0 saturated carbocycles. The van der Waals surface area contributed by atoms with Crippen molar-refractivity contribution in [2.24, 2.45) is 12.9 Å². The molecule has 4 nitrogen and oxygen atoms in total. The van der Waals surface area contributed by atoms with Crippen molar-refractivity contribution in [1.82, 2.24) is 9.55 Å². The van der Waals surface area contributed by atoms with Crippen molar-refractivity contribution in [3.63, 3.8) is 0 Å². The Morgan fingerprint density at radius 1 is 1.16 bits per heavy atom. The van der Waals surface area contributed by atoms with E-state index in [4.69, 9.17) is 5.84 Å². The zero-order valence-electron chi connectivity index (χ0n) is 10.4. The van der Waals surface area contributed by atoms with Gasteiger partial charge in [-0.05, 0) is 42.5 Å². The van der Waals surface area contributed by atoms with Crippen LogP contribution in [-0.2, 0) is 7.05 Å². The second-order valence-electron chi connectivity index (χ2n) is 4.35. The van der Waals surface area contributed by atoms with Crippen LogP contribution in [0.4, 0.5) is 10.1 Å². The lowest BCUT2D eigenvalue weighted by Crippen LogP contribution is -2.06. The molecule has 0 atom stereocenters. The second kappa shape index (κ2) is 4.37. The van der Waals surface area contributed by atoms with Gasteiger partial charge in [-0.2, -0.15) is 0 Å². The van der Waals surface area contributed by atoms with Gasteiger partial charge in [0.15, 0.2) is 0 Å². The van der Waals surface area contributed by atoms with Crippen LogP contribution in [0.5, 0.6) is 0 Å². The van der Waals surface area contributed by atoms with Gasteiger partial charge in [-0.3, -0.25) is 5.84 Å². The van der Waals surface area contributed by atoms with Crippen molar-refractivity contribution in [2.45, 2.75) is 0 Å². The van der Waals surface area contributed by atoms with E-state index in [1.165, 1.54) is 12.1 Å². The second-order valence-corrected chi connectivity index (χ2v) is 4.35. The van der Waals surface area contributed by atoms with Crippen LogP contribution in [0, 0.1) is 5.82 Å². The van der Waals surface area contributed by atoms with Gasteiger partial charge in [0.05, 0.1) is 16.7 Å². The van der Waals surface area contributed by atoms with E-state index in [-0.39, 0.29) is 5.82 Å². The van der Waals surface area contributed by atoms with Gasteiger partial charge in [0.2, 0.25) is 0 Å². The van der Waals surface area contributed by atoms with Gasteiger partial charge in [0.1, 0.15) is 11.6 Å². The molecule has 3 N–H and O–H groups in total. The molecule has 0 aliphatic rings. The van der Waals surface area contributed by atoms with Crippen molar-refractivity contribution in [3.05, 3.63) is 48.3 Å². The summed E-state index contributed by atoms with van der Waals surface area (Å²) in [5.74, 6) is 5.93. The number of benzene rings is 2. The number of halogens is 1. The maximum absolute atomic E-state index is 13.0. The quantitative estimate of drug-likeness (QED) is 0.547. The van der Waals surface area contributed by atoms with Gasteiger partial charge < -0.3 is 9.99 Å². The number of aromatic nitrogens is 2. The summed E-state index contributed by atoms with van der Waals surface area (Å²) in [6, 6.07) is 12.0. The average Bonchev–Trinajstić information content (AvgIpc) is 2.76. The van der Waals surface area contributed by atoms with Crippen molar-refractivity contribution in [3.8, 4) is 11.4 Å². The van der Waals surface area contributed by atoms with E-state index >= 15 is 0 Å². The summed E-state index contributed by atoms with van der Waals surface area (Å²) in [7, 11) is 1.93. The van der Waals surface area contributed by atoms with Crippen LogP contribution in [0.1, 0.15) is 0 Å². The lowest BCUT2D eigenvalue weighted by Gasteiger charge is -2.02. The van der Waals surface area contributed by atoms with Crippen LogP contribution in [0.15, 0.2) is 42.5 Å². The number of fused-ring (bicyclic) bond motifs is 1. The van der Waals surface area contributed by atoms with Crippen molar-refractivity contribution < 1.29 is 4.39 Å². The fraction of sp³-hybridized carbons (Fsp3) is 0.0714. The van der Waals surface area contributed by atoms with Gasteiger partial charge in [-0.15, -0.1) is 0 Å². The predicted octanol–water partition coefficient (Wildman–Crippen LogP) is 2.67. The molecule has 0 spiro atoms. The summed E-state index contributed by atoms with van der Waals surface area (Å²) in [5.41, 5.74) is 6.12. The summed E-state index contributed by atoms with van der Waals surface area (Å²) >= 11 is 0. The molecule has 0 radical (unpaired) electrons. The number of nitrogens with one attached hydrogen (secondary N) is 1. The standard InChI is InChI=1S/C14H13FN4/c1-19-13-7-6-11(18-16)8-12(13)17-14(19)9-2-4-10(15)5-3-9/h2-8,18H,16H2,1H3. The SMILES string of the molecule is Cn1c(-c2ccc(F)cc2)nc2cc(NN)ccc21. The Morgan fingerprint density at radius 3 is 2.58 bits per heavy atom. The number of hydrazine groups is 1. The van der Waals surface area contributed by atoms with E-state index < -0.39 is 0 Å². The maximum atomic E-state index is 13.0. The minimum absolute atomic E-state index is 0.253. The molecule has 96 valence electrons. The third kappa shape index (κ3) is 1.94. The van der Waals surface area contributed by atoms with E-state index in [1.807, 2.05) is 29.8 Å². The number of nitrogens with zero attached hydrogens (tertiary/aromatic N) is 2. The lowest BCUT2D eigenvalue weighted by atomic mass is 10.2. The zero-order valence-corrected chi connectivity index (χ0v) is 10.4. The van der Waals surface area contributed by atoms with E-state index in [0.29, 0.717) is 0 Å². The first kappa shape index (κ1) is 11.7. The number of anilines is 1. The highest BCUT2D eigenvalue weighted by Crippen LogP contribution is 2.25. The topological polar surface area (TPSA) is 55.9 Å². The van der Waals surface area contributed by atoms with Crippen molar-refractivity contribution in [1.29, 1.82) is 0 Å². The highest BCUT2D eigenvalue weighted by molar-refractivity contribution is 5.83. The summed E-state index contributed by atoms with van der Waals surface area (Å²) in [4.78, 5) is 4.57. The van der Waals surface area contributed by atoms with E-state index in [0.717, 1.165) is 28.1 Å². The van der Waals surface area contributed by atoms with Gasteiger partial charge in [-0.25, -0.2) is 9.37 Å². The maximum Gasteiger partial charge on any atom is 0.140 e. The first-order valence-electron chi connectivity index (χ1n) is 5.88. The number of nitrogen functional groups attached to an aromatic ring is 1. The minimum Gasteiger partial charge on any atom is -0.327 e. The van der Waals surface area contributed by atoms with Crippen molar-refractivity contribution in [2.75, 3.05) is 5.43 Å². The molecule has 3 rings (SSSR count). The summed E-state index contributed by atoms with van der Waals surface area (Å²) < 4.78 is 14.9. The predicted molar refractivity (Wildman–Crippen MR) is 73.9 cm³/mol. The Balaban J connectivity index is 2.19. The summed E-state index contributed by atoms with van der Waals surface area (Å²) in [6.45, 7) is 0. The van der Waals surface area contributed by atoms with Gasteiger partial charge in [-0.1, -0.05) is 0 Å². The molecule has 19 heavy (non-hydrogen) atoms. The normalized spacial score (nSPS) is 10.9. The molecule has 0 saturated heterocycles. The van der Waals surface area contributed by atoms with Crippen LogP contribution in [0.25, 0.3) is 22.4 Å². The number of aryl methyl sites for hydroxylation is 1. The van der Waals surface area contributed by atoms with Crippen LogP contribution < -0.4 is 11.3 Å². The number of hydrogen-bond donors (Lipinski definition) is 2. The molecule has 1 aromatic heterocycles. The fourth-order valence-electron chi connectivity index (χ4n) is 2.15. The number of hydrogen-bond acceptors (Lipinski definition) is 3. The first-order chi connectivity index (χ1) is 9.19. The largest absolute Gasteiger partial charge is 0.327 e. The Hall–Kier alpha value is -2.40. The average molecular weight is 256 g/mol. The smallest absolute Gasteiger partial charge is 0.140 e. The van der Waals surface area contributed by atoms with Crippen LogP contribution >= 0.6 is 0 Å². The molecule has 1 heterocycles. The first-order valence-corrected chi connectivity index (χ1v) is 5.88. The molecule has 2 aromatic carbocycles. The zero-order chi connectivity index (χ0) is 13.4. The van der Waals surface area contributed by atoms with Crippen LogP contribution in [0.3, 0.4) is 0 Å². The van der Waals surface area contributed by atoms with Gasteiger partial charge in [0, 0.05) is 12.6 Å². The van der Waals surface area contributed by atoms with E-state index in [1.54, 1.807) is 12.1 Å². The Bertz CT molecular complexity index is 731.